The fourth-order valence-electron chi connectivity index (χ4n) is 3.38. The Morgan fingerprint density at radius 3 is 2.31 bits per heavy atom. The molecule has 0 aliphatic heterocycles. The van der Waals surface area contributed by atoms with Crippen LogP contribution in [-0.4, -0.2) is 25.0 Å². The van der Waals surface area contributed by atoms with Gasteiger partial charge >= 0.3 is 6.18 Å². The van der Waals surface area contributed by atoms with E-state index in [1.165, 1.54) is 26.4 Å². The number of benzene rings is 2. The molecule has 0 aliphatic carbocycles. The molecule has 2 N–H and O–H groups in total. The zero-order valence-electron chi connectivity index (χ0n) is 17.0. The fourth-order valence-corrected chi connectivity index (χ4v) is 4.46. The van der Waals surface area contributed by atoms with E-state index in [2.05, 4.69) is 4.98 Å². The topological polar surface area (TPSA) is 74.4 Å². The number of ether oxygens (including phenoxy) is 2. The summed E-state index contributed by atoms with van der Waals surface area (Å²) in [4.78, 5) is 17.5. The summed E-state index contributed by atoms with van der Waals surface area (Å²) in [6.45, 7) is 0. The molecule has 4 rings (SSSR count). The molecule has 0 atom stereocenters. The van der Waals surface area contributed by atoms with Crippen LogP contribution in [-0.2, 0) is 6.18 Å². The van der Waals surface area contributed by atoms with Crippen molar-refractivity contribution < 1.29 is 27.4 Å². The maximum Gasteiger partial charge on any atom is 0.417 e. The first-order valence-corrected chi connectivity index (χ1v) is 10.2. The van der Waals surface area contributed by atoms with Crippen molar-refractivity contribution in [3.63, 3.8) is 0 Å². The van der Waals surface area contributed by atoms with E-state index < -0.39 is 17.5 Å². The number of thiophene rings is 1. The van der Waals surface area contributed by atoms with Crippen LogP contribution in [0.1, 0.15) is 20.8 Å². The van der Waals surface area contributed by atoms with Crippen LogP contribution in [0.15, 0.2) is 54.6 Å². The molecule has 32 heavy (non-hydrogen) atoms. The smallest absolute Gasteiger partial charge is 0.417 e. The maximum atomic E-state index is 13.9. The Morgan fingerprint density at radius 2 is 1.69 bits per heavy atom. The van der Waals surface area contributed by atoms with Gasteiger partial charge in [0.1, 0.15) is 9.71 Å². The molecule has 0 amide bonds. The highest BCUT2D eigenvalue weighted by molar-refractivity contribution is 7.21. The van der Waals surface area contributed by atoms with E-state index >= 15 is 0 Å². The Bertz CT molecular complexity index is 1320. The molecule has 0 unspecified atom stereocenters. The van der Waals surface area contributed by atoms with Crippen molar-refractivity contribution >= 4 is 33.0 Å². The van der Waals surface area contributed by atoms with Gasteiger partial charge in [0.15, 0.2) is 11.5 Å². The van der Waals surface area contributed by atoms with Crippen LogP contribution in [0.4, 0.5) is 18.9 Å². The third kappa shape index (κ3) is 3.75. The quantitative estimate of drug-likeness (QED) is 0.382. The molecule has 0 saturated heterocycles. The average Bonchev–Trinajstić information content (AvgIpc) is 3.13. The van der Waals surface area contributed by atoms with Crippen molar-refractivity contribution in [2.24, 2.45) is 0 Å². The van der Waals surface area contributed by atoms with Gasteiger partial charge in [-0.2, -0.15) is 13.2 Å². The lowest BCUT2D eigenvalue weighted by Crippen LogP contribution is -2.08. The summed E-state index contributed by atoms with van der Waals surface area (Å²) in [5, 5.41) is -0.272. The lowest BCUT2D eigenvalue weighted by Gasteiger charge is -2.11. The van der Waals surface area contributed by atoms with Crippen molar-refractivity contribution in [1.29, 1.82) is 0 Å². The van der Waals surface area contributed by atoms with Crippen molar-refractivity contribution in [2.75, 3.05) is 20.0 Å². The number of alkyl halides is 3. The van der Waals surface area contributed by atoms with E-state index in [0.717, 1.165) is 17.4 Å². The van der Waals surface area contributed by atoms with E-state index in [0.29, 0.717) is 17.1 Å². The molecule has 0 bridgehead atoms. The van der Waals surface area contributed by atoms with Crippen LogP contribution < -0.4 is 15.2 Å². The molecule has 9 heteroatoms. The molecule has 0 aliphatic rings. The number of nitrogens with two attached hydrogens (primary N) is 1. The number of halogens is 3. The number of carbonyl (C=O) groups excluding carboxylic acids is 1. The molecule has 2 heterocycles. The first kappa shape index (κ1) is 21.6. The largest absolute Gasteiger partial charge is 0.493 e. The number of carbonyl (C=O) groups is 1. The number of hydrogen-bond acceptors (Lipinski definition) is 6. The second-order valence-corrected chi connectivity index (χ2v) is 7.84. The zero-order valence-corrected chi connectivity index (χ0v) is 17.8. The molecule has 164 valence electrons. The van der Waals surface area contributed by atoms with Gasteiger partial charge in [-0.25, -0.2) is 4.98 Å². The second-order valence-electron chi connectivity index (χ2n) is 6.84. The van der Waals surface area contributed by atoms with Gasteiger partial charge in [-0.3, -0.25) is 4.79 Å². The Morgan fingerprint density at radius 1 is 1.00 bits per heavy atom. The summed E-state index contributed by atoms with van der Waals surface area (Å²) in [6.07, 6.45) is -4.68. The SMILES string of the molecule is COc1ccc(C(=O)c2sc3nc(-c4ccccc4)cc(C(F)(F)F)c3c2N)cc1OC. The maximum absolute atomic E-state index is 13.9. The van der Waals surface area contributed by atoms with Crippen molar-refractivity contribution in [1.82, 2.24) is 4.98 Å². The number of hydrogen-bond donors (Lipinski definition) is 1. The minimum absolute atomic E-state index is 0.0181. The van der Waals surface area contributed by atoms with Crippen LogP contribution in [0.25, 0.3) is 21.5 Å². The van der Waals surface area contributed by atoms with Crippen LogP contribution in [0.3, 0.4) is 0 Å². The molecular formula is C23H17F3N2O3S. The van der Waals surface area contributed by atoms with E-state index in [1.807, 2.05) is 0 Å². The van der Waals surface area contributed by atoms with Gasteiger partial charge in [-0.15, -0.1) is 11.3 Å². The lowest BCUT2D eigenvalue weighted by atomic mass is 10.0. The van der Waals surface area contributed by atoms with Gasteiger partial charge in [-0.1, -0.05) is 30.3 Å². The summed E-state index contributed by atoms with van der Waals surface area (Å²) in [6, 6.07) is 14.0. The number of nitrogen functional groups attached to an aromatic ring is 1. The Kier molecular flexibility index (Phi) is 5.52. The number of pyridine rings is 1. The van der Waals surface area contributed by atoms with Crippen molar-refractivity contribution in [2.45, 2.75) is 6.18 Å². The van der Waals surface area contributed by atoms with Crippen LogP contribution in [0, 0.1) is 0 Å². The number of ketones is 1. The van der Waals surface area contributed by atoms with Crippen molar-refractivity contribution in [3.05, 3.63) is 70.6 Å². The zero-order chi connectivity index (χ0) is 23.0. The van der Waals surface area contributed by atoms with Crippen LogP contribution in [0.2, 0.25) is 0 Å². The van der Waals surface area contributed by atoms with E-state index in [4.69, 9.17) is 15.2 Å². The minimum atomic E-state index is -4.68. The number of aromatic nitrogens is 1. The molecule has 2 aromatic carbocycles. The number of rotatable bonds is 5. The third-order valence-electron chi connectivity index (χ3n) is 4.93. The first-order chi connectivity index (χ1) is 15.2. The normalized spacial score (nSPS) is 11.5. The third-order valence-corrected chi connectivity index (χ3v) is 6.02. The Hall–Kier alpha value is -3.59. The standard InChI is InChI=1S/C23H17F3N2O3S/c1-30-16-9-8-13(10-17(16)31-2)20(29)21-19(27)18-14(23(24,25)26)11-15(28-22(18)32-21)12-6-4-3-5-7-12/h3-11H,27H2,1-2H3. The predicted octanol–water partition coefficient (Wildman–Crippen LogP) is 5.81. The highest BCUT2D eigenvalue weighted by Gasteiger charge is 2.36. The van der Waals surface area contributed by atoms with E-state index in [9.17, 15) is 18.0 Å². The summed E-state index contributed by atoms with van der Waals surface area (Å²) >= 11 is 0.832. The number of anilines is 1. The number of methoxy groups -OCH3 is 2. The lowest BCUT2D eigenvalue weighted by molar-refractivity contribution is -0.136. The Balaban J connectivity index is 1.91. The molecule has 0 radical (unpaired) electrons. The van der Waals surface area contributed by atoms with E-state index in [-0.39, 0.29) is 32.0 Å². The number of fused-ring (bicyclic) bond motifs is 1. The van der Waals surface area contributed by atoms with Crippen LogP contribution in [0.5, 0.6) is 11.5 Å². The van der Waals surface area contributed by atoms with Gasteiger partial charge in [0.05, 0.1) is 31.2 Å². The summed E-state index contributed by atoms with van der Waals surface area (Å²) < 4.78 is 52.1. The summed E-state index contributed by atoms with van der Waals surface area (Å²) in [5.74, 6) is 0.209. The molecule has 2 aromatic heterocycles. The van der Waals surface area contributed by atoms with Gasteiger partial charge < -0.3 is 15.2 Å². The molecule has 0 spiro atoms. The summed E-state index contributed by atoms with van der Waals surface area (Å²) in [5.41, 5.74) is 5.79. The molecular weight excluding hydrogens is 441 g/mol. The van der Waals surface area contributed by atoms with Crippen LogP contribution >= 0.6 is 11.3 Å². The molecule has 5 nitrogen and oxygen atoms in total. The highest BCUT2D eigenvalue weighted by atomic mass is 32.1. The minimum Gasteiger partial charge on any atom is -0.493 e. The molecule has 0 saturated carbocycles. The molecule has 0 fully saturated rings. The predicted molar refractivity (Wildman–Crippen MR) is 117 cm³/mol. The first-order valence-electron chi connectivity index (χ1n) is 9.37. The second kappa shape index (κ2) is 8.16. The highest BCUT2D eigenvalue weighted by Crippen LogP contribution is 2.44. The fraction of sp³-hybridized carbons (Fsp3) is 0.130. The van der Waals surface area contributed by atoms with Crippen molar-refractivity contribution in [3.8, 4) is 22.8 Å². The summed E-state index contributed by atoms with van der Waals surface area (Å²) in [7, 11) is 2.88. The monoisotopic (exact) mass is 458 g/mol. The van der Waals surface area contributed by atoms with Gasteiger partial charge in [0.2, 0.25) is 5.78 Å². The van der Waals surface area contributed by atoms with Gasteiger partial charge in [-0.05, 0) is 24.3 Å². The van der Waals surface area contributed by atoms with Gasteiger partial charge in [0.25, 0.3) is 0 Å². The molecule has 4 aromatic rings. The van der Waals surface area contributed by atoms with E-state index in [1.54, 1.807) is 36.4 Å². The van der Waals surface area contributed by atoms with Gasteiger partial charge in [0, 0.05) is 16.5 Å². The number of nitrogens with zero attached hydrogens (tertiary/aromatic N) is 1. The Labute approximate surface area is 185 Å². The average molecular weight is 458 g/mol.